The van der Waals surface area contributed by atoms with Crippen LogP contribution in [0.25, 0.3) is 0 Å². The molecule has 2 atom stereocenters. The summed E-state index contributed by atoms with van der Waals surface area (Å²) in [6, 6.07) is 0.591. The molecule has 5 heteroatoms. The van der Waals surface area contributed by atoms with Crippen LogP contribution >= 0.6 is 0 Å². The van der Waals surface area contributed by atoms with Crippen LogP contribution in [0, 0.1) is 0 Å². The Kier molecular flexibility index (Phi) is 4.13. The number of likely N-dealkylation sites (tertiary alicyclic amines) is 1. The Morgan fingerprint density at radius 2 is 2.32 bits per heavy atom. The fourth-order valence-electron chi connectivity index (χ4n) is 3.30. The lowest BCUT2D eigenvalue weighted by atomic mass is 9.99. The Morgan fingerprint density at radius 1 is 1.37 bits per heavy atom. The summed E-state index contributed by atoms with van der Waals surface area (Å²) in [5.41, 5.74) is 0. The molecule has 0 radical (unpaired) electrons. The fraction of sp³-hybridized carbons (Fsp3) is 0.857. The second kappa shape index (κ2) is 6.01. The zero-order valence-corrected chi connectivity index (χ0v) is 11.8. The maximum absolute atomic E-state index is 5.46. The molecule has 0 spiro atoms. The molecule has 19 heavy (non-hydrogen) atoms. The molecule has 0 aromatic carbocycles. The van der Waals surface area contributed by atoms with Crippen molar-refractivity contribution in [3.05, 3.63) is 11.7 Å². The van der Waals surface area contributed by atoms with Gasteiger partial charge in [0.15, 0.2) is 5.82 Å². The maximum atomic E-state index is 5.46. The van der Waals surface area contributed by atoms with Gasteiger partial charge in [0, 0.05) is 24.9 Å². The Bertz CT molecular complexity index is 400. The van der Waals surface area contributed by atoms with Gasteiger partial charge in [0.2, 0.25) is 5.89 Å². The molecule has 0 amide bonds. The highest BCUT2D eigenvalue weighted by atomic mass is 16.5. The number of hydrogen-bond donors (Lipinski definition) is 1. The van der Waals surface area contributed by atoms with E-state index in [1.54, 1.807) is 0 Å². The van der Waals surface area contributed by atoms with Crippen LogP contribution in [0.5, 0.6) is 0 Å². The van der Waals surface area contributed by atoms with Gasteiger partial charge in [-0.1, -0.05) is 18.5 Å². The number of rotatable bonds is 4. The molecule has 2 saturated heterocycles. The third-order valence-corrected chi connectivity index (χ3v) is 4.47. The highest BCUT2D eigenvalue weighted by Crippen LogP contribution is 2.22. The first kappa shape index (κ1) is 13.1. The number of piperidine rings is 1. The third-order valence-electron chi connectivity index (χ3n) is 4.47. The first-order valence-electron chi connectivity index (χ1n) is 7.64. The van der Waals surface area contributed by atoms with E-state index in [0.29, 0.717) is 12.0 Å². The van der Waals surface area contributed by atoms with Crippen molar-refractivity contribution >= 4 is 0 Å². The molecule has 2 unspecified atom stereocenters. The second-order valence-corrected chi connectivity index (χ2v) is 5.72. The molecular formula is C14H24N4O. The van der Waals surface area contributed by atoms with E-state index in [4.69, 9.17) is 4.52 Å². The summed E-state index contributed by atoms with van der Waals surface area (Å²) in [6.45, 7) is 6.64. The minimum Gasteiger partial charge on any atom is -0.339 e. The lowest BCUT2D eigenvalue weighted by Gasteiger charge is -2.33. The van der Waals surface area contributed by atoms with Gasteiger partial charge >= 0.3 is 0 Å². The molecule has 2 aliphatic rings. The quantitative estimate of drug-likeness (QED) is 0.894. The summed E-state index contributed by atoms with van der Waals surface area (Å²) in [7, 11) is 0. The van der Waals surface area contributed by atoms with Gasteiger partial charge in [-0.15, -0.1) is 0 Å². The first-order valence-corrected chi connectivity index (χ1v) is 7.64. The topological polar surface area (TPSA) is 54.2 Å². The van der Waals surface area contributed by atoms with Gasteiger partial charge in [0.1, 0.15) is 0 Å². The minimum atomic E-state index is 0.450. The molecule has 1 N–H and O–H groups in total. The number of nitrogens with one attached hydrogen (secondary N) is 1. The van der Waals surface area contributed by atoms with Gasteiger partial charge in [-0.05, 0) is 38.9 Å². The summed E-state index contributed by atoms with van der Waals surface area (Å²) in [5, 5.41) is 7.52. The van der Waals surface area contributed by atoms with E-state index in [1.807, 2.05) is 0 Å². The van der Waals surface area contributed by atoms with E-state index in [0.717, 1.165) is 44.2 Å². The van der Waals surface area contributed by atoms with Gasteiger partial charge in [-0.3, -0.25) is 0 Å². The van der Waals surface area contributed by atoms with Crippen molar-refractivity contribution in [3.8, 4) is 0 Å². The number of likely N-dealkylation sites (N-methyl/N-ethyl adjacent to an activating group) is 1. The van der Waals surface area contributed by atoms with E-state index >= 15 is 0 Å². The molecule has 3 heterocycles. The van der Waals surface area contributed by atoms with E-state index in [-0.39, 0.29) is 0 Å². The highest BCUT2D eigenvalue weighted by Gasteiger charge is 2.26. The monoisotopic (exact) mass is 264 g/mol. The summed E-state index contributed by atoms with van der Waals surface area (Å²) >= 11 is 0. The van der Waals surface area contributed by atoms with Crippen LogP contribution in [-0.2, 0) is 6.42 Å². The lowest BCUT2D eigenvalue weighted by molar-refractivity contribution is 0.146. The molecule has 1 aromatic rings. The van der Waals surface area contributed by atoms with Crippen LogP contribution in [0.2, 0.25) is 0 Å². The zero-order valence-electron chi connectivity index (χ0n) is 11.8. The van der Waals surface area contributed by atoms with Crippen LogP contribution < -0.4 is 5.32 Å². The van der Waals surface area contributed by atoms with Gasteiger partial charge in [-0.25, -0.2) is 0 Å². The Morgan fingerprint density at radius 3 is 3.11 bits per heavy atom. The maximum Gasteiger partial charge on any atom is 0.228 e. The second-order valence-electron chi connectivity index (χ2n) is 5.72. The Hall–Kier alpha value is -0.940. The molecule has 0 aliphatic carbocycles. The van der Waals surface area contributed by atoms with Crippen LogP contribution in [0.4, 0.5) is 0 Å². The zero-order chi connectivity index (χ0) is 13.1. The van der Waals surface area contributed by atoms with Crippen LogP contribution in [0.1, 0.15) is 50.2 Å². The van der Waals surface area contributed by atoms with Crippen LogP contribution in [0.3, 0.4) is 0 Å². The van der Waals surface area contributed by atoms with Crippen LogP contribution in [-0.4, -0.2) is 47.3 Å². The number of aromatic nitrogens is 2. The van der Waals surface area contributed by atoms with E-state index in [2.05, 4.69) is 27.3 Å². The summed E-state index contributed by atoms with van der Waals surface area (Å²) in [4.78, 5) is 7.16. The molecule has 106 valence electrons. The largest absolute Gasteiger partial charge is 0.339 e. The van der Waals surface area contributed by atoms with Gasteiger partial charge < -0.3 is 14.7 Å². The predicted molar refractivity (Wildman–Crippen MR) is 73.1 cm³/mol. The van der Waals surface area contributed by atoms with Crippen molar-refractivity contribution in [3.63, 3.8) is 0 Å². The van der Waals surface area contributed by atoms with Gasteiger partial charge in [0.05, 0.1) is 0 Å². The Labute approximate surface area is 114 Å². The highest BCUT2D eigenvalue weighted by molar-refractivity contribution is 5.00. The molecule has 0 bridgehead atoms. The van der Waals surface area contributed by atoms with Crippen molar-refractivity contribution in [2.75, 3.05) is 26.2 Å². The number of hydrogen-bond acceptors (Lipinski definition) is 5. The van der Waals surface area contributed by atoms with Crippen molar-refractivity contribution < 1.29 is 4.52 Å². The molecule has 1 aromatic heterocycles. The summed E-state index contributed by atoms with van der Waals surface area (Å²) in [5.74, 6) is 2.18. The van der Waals surface area contributed by atoms with E-state index in [9.17, 15) is 0 Å². The molecule has 0 saturated carbocycles. The Balaban J connectivity index is 1.62. The minimum absolute atomic E-state index is 0.450. The molecule has 3 rings (SSSR count). The van der Waals surface area contributed by atoms with E-state index in [1.165, 1.54) is 25.8 Å². The predicted octanol–water partition coefficient (Wildman–Crippen LogP) is 1.56. The number of nitrogens with zero attached hydrogens (tertiary/aromatic N) is 3. The molecular weight excluding hydrogens is 240 g/mol. The summed E-state index contributed by atoms with van der Waals surface area (Å²) in [6.07, 6.45) is 5.96. The first-order chi connectivity index (χ1) is 9.36. The van der Waals surface area contributed by atoms with Crippen molar-refractivity contribution in [1.29, 1.82) is 0 Å². The van der Waals surface area contributed by atoms with Gasteiger partial charge in [-0.2, -0.15) is 4.98 Å². The lowest BCUT2D eigenvalue weighted by Crippen LogP contribution is -2.40. The molecule has 5 nitrogen and oxygen atoms in total. The van der Waals surface area contributed by atoms with Crippen molar-refractivity contribution in [1.82, 2.24) is 20.4 Å². The van der Waals surface area contributed by atoms with Gasteiger partial charge in [0.25, 0.3) is 0 Å². The third kappa shape index (κ3) is 2.98. The van der Waals surface area contributed by atoms with Crippen LogP contribution in [0.15, 0.2) is 4.52 Å². The normalized spacial score (nSPS) is 28.9. The standard InChI is InChI=1S/C14H24N4O/c1-2-18-8-4-3-5-12(18)9-13-16-14(17-19-13)11-6-7-15-10-11/h11-12,15H,2-10H2,1H3. The average Bonchev–Trinajstić information content (AvgIpc) is 3.09. The SMILES string of the molecule is CCN1CCCCC1Cc1nc(C2CCNC2)no1. The van der Waals surface area contributed by atoms with E-state index < -0.39 is 0 Å². The summed E-state index contributed by atoms with van der Waals surface area (Å²) < 4.78 is 5.46. The van der Waals surface area contributed by atoms with Crippen molar-refractivity contribution in [2.45, 2.75) is 51.0 Å². The van der Waals surface area contributed by atoms with Crippen molar-refractivity contribution in [2.24, 2.45) is 0 Å². The molecule has 2 aliphatic heterocycles. The fourth-order valence-corrected chi connectivity index (χ4v) is 3.30. The average molecular weight is 264 g/mol. The smallest absolute Gasteiger partial charge is 0.228 e. The molecule has 2 fully saturated rings.